The number of benzene rings is 1. The molecule has 5 heteroatoms. The smallest absolute Gasteiger partial charge is 0.109 e. The molecule has 0 radical (unpaired) electrons. The fourth-order valence-electron chi connectivity index (χ4n) is 2.40. The molecule has 0 amide bonds. The highest BCUT2D eigenvalue weighted by Crippen LogP contribution is 2.07. The Morgan fingerprint density at radius 1 is 0.840 bits per heavy atom. The minimum absolute atomic E-state index is 0.243. The molecule has 1 aromatic rings. The number of thiol groups is 1. The Labute approximate surface area is 159 Å². The van der Waals surface area contributed by atoms with Gasteiger partial charge in [-0.25, -0.2) is 8.42 Å². The third kappa shape index (κ3) is 19.7. The number of hydrogen-bond acceptors (Lipinski definition) is 3. The van der Waals surface area contributed by atoms with Crippen LogP contribution in [-0.2, 0) is 28.3 Å². The van der Waals surface area contributed by atoms with Crippen molar-refractivity contribution in [3.05, 3.63) is 35.9 Å². The van der Waals surface area contributed by atoms with Gasteiger partial charge >= 0.3 is 0 Å². The van der Waals surface area contributed by atoms with Gasteiger partial charge in [-0.2, -0.15) is 0 Å². The van der Waals surface area contributed by atoms with Crippen molar-refractivity contribution in [2.45, 2.75) is 71.6 Å². The van der Waals surface area contributed by atoms with Crippen LogP contribution < -0.4 is 0 Å². The highest BCUT2D eigenvalue weighted by molar-refractivity contribution is 7.85. The maximum atomic E-state index is 9.68. The molecule has 0 aromatic heterocycles. The average molecular weight is 389 g/mol. The standard InChI is InChI=1S/C17H28S.C3H8O3S/c1-2-3-4-5-6-7-11-15-18-16-14-17-12-9-8-10-13-17;1-2-3-7(4,5)6/h8-10,12-13H,2-7,11,14-16H2,1H3;2-3H2,1H3,(H,4,5,6). The van der Waals surface area contributed by atoms with Gasteiger partial charge in [0.05, 0.1) is 10.1 Å². The fourth-order valence-corrected chi connectivity index (χ4v) is 3.98. The summed E-state index contributed by atoms with van der Waals surface area (Å²) in [5, 5.41) is 0. The lowest BCUT2D eigenvalue weighted by atomic mass is 10.1. The Bertz CT molecular complexity index is 487. The Morgan fingerprint density at radius 3 is 1.96 bits per heavy atom. The van der Waals surface area contributed by atoms with Crippen molar-refractivity contribution in [1.29, 1.82) is 0 Å². The van der Waals surface area contributed by atoms with Gasteiger partial charge in [0.15, 0.2) is 0 Å². The highest BCUT2D eigenvalue weighted by Gasteiger charge is 1.99. The molecular weight excluding hydrogens is 352 g/mol. The normalized spacial score (nSPS) is 11.0. The summed E-state index contributed by atoms with van der Waals surface area (Å²) < 4.78 is 29.0. The second kappa shape index (κ2) is 16.9. The first-order chi connectivity index (χ1) is 12.0. The van der Waals surface area contributed by atoms with E-state index in [1.807, 2.05) is 0 Å². The summed E-state index contributed by atoms with van der Waals surface area (Å²) in [5.74, 6) is 2.49. The largest absolute Gasteiger partial charge is 0.748 e. The van der Waals surface area contributed by atoms with E-state index in [1.165, 1.54) is 68.4 Å². The van der Waals surface area contributed by atoms with Crippen LogP contribution in [0.2, 0.25) is 0 Å². The summed E-state index contributed by atoms with van der Waals surface area (Å²) in [6.07, 6.45) is 11.7. The zero-order valence-electron chi connectivity index (χ0n) is 16.0. The van der Waals surface area contributed by atoms with Crippen molar-refractivity contribution >= 4 is 21.9 Å². The van der Waals surface area contributed by atoms with E-state index in [-0.39, 0.29) is 5.75 Å². The van der Waals surface area contributed by atoms with Crippen LogP contribution in [0.4, 0.5) is 0 Å². The lowest BCUT2D eigenvalue weighted by molar-refractivity contribution is 0.462. The molecule has 0 atom stereocenters. The van der Waals surface area contributed by atoms with Crippen molar-refractivity contribution in [3.63, 3.8) is 0 Å². The summed E-state index contributed by atoms with van der Waals surface area (Å²) in [6.45, 7) is 3.93. The van der Waals surface area contributed by atoms with E-state index in [2.05, 4.69) is 37.3 Å². The van der Waals surface area contributed by atoms with E-state index in [9.17, 15) is 13.0 Å². The minimum atomic E-state index is -3.92. The summed E-state index contributed by atoms with van der Waals surface area (Å²) >= 11 is 1.64. The van der Waals surface area contributed by atoms with Gasteiger partial charge in [0.2, 0.25) is 0 Å². The molecule has 0 saturated carbocycles. The first-order valence-corrected chi connectivity index (χ1v) is 12.4. The third-order valence-electron chi connectivity index (χ3n) is 3.78. The molecule has 3 nitrogen and oxygen atoms in total. The molecule has 0 fully saturated rings. The monoisotopic (exact) mass is 388 g/mol. The Balaban J connectivity index is 0.000000697. The Hall–Kier alpha value is -0.520. The first-order valence-electron chi connectivity index (χ1n) is 9.60. The van der Waals surface area contributed by atoms with E-state index >= 15 is 0 Å². The number of unbranched alkanes of at least 4 members (excludes halogenated alkanes) is 6. The van der Waals surface area contributed by atoms with Crippen molar-refractivity contribution in [3.8, 4) is 0 Å². The lowest BCUT2D eigenvalue weighted by Gasteiger charge is -2.00. The van der Waals surface area contributed by atoms with Gasteiger partial charge in [-0.15, -0.1) is 0 Å². The van der Waals surface area contributed by atoms with Gasteiger partial charge in [0.1, 0.15) is 11.5 Å². The molecule has 0 heterocycles. The predicted octanol–water partition coefficient (Wildman–Crippen LogP) is 4.74. The molecule has 0 unspecified atom stereocenters. The molecule has 0 aliphatic heterocycles. The maximum absolute atomic E-state index is 9.68. The lowest BCUT2D eigenvalue weighted by Crippen LogP contribution is -2.01. The molecule has 0 bridgehead atoms. The van der Waals surface area contributed by atoms with E-state index in [0.717, 1.165) is 0 Å². The molecular formula is C20H36O3S2. The molecule has 0 aliphatic rings. The molecule has 0 spiro atoms. The van der Waals surface area contributed by atoms with Crippen LogP contribution in [0, 0.1) is 0 Å². The van der Waals surface area contributed by atoms with Crippen LogP contribution in [0.15, 0.2) is 30.3 Å². The zero-order valence-corrected chi connectivity index (χ0v) is 17.7. The number of hydrogen-bond donors (Lipinski definition) is 0. The van der Waals surface area contributed by atoms with Gasteiger partial charge in [0, 0.05) is 12.2 Å². The van der Waals surface area contributed by atoms with E-state index < -0.39 is 10.1 Å². The molecule has 25 heavy (non-hydrogen) atoms. The van der Waals surface area contributed by atoms with Crippen LogP contribution in [0.1, 0.15) is 70.8 Å². The van der Waals surface area contributed by atoms with Gasteiger partial charge in [-0.3, -0.25) is 0 Å². The summed E-state index contributed by atoms with van der Waals surface area (Å²) in [5.41, 5.74) is 1.49. The van der Waals surface area contributed by atoms with E-state index in [0.29, 0.717) is 6.42 Å². The summed E-state index contributed by atoms with van der Waals surface area (Å²) in [6, 6.07) is 10.9. The van der Waals surface area contributed by atoms with Gasteiger partial charge in [0.25, 0.3) is 0 Å². The quantitative estimate of drug-likeness (QED) is 0.212. The third-order valence-corrected chi connectivity index (χ3v) is 5.86. The van der Waals surface area contributed by atoms with Gasteiger partial charge in [-0.05, 0) is 36.6 Å². The molecule has 1 aromatic carbocycles. The maximum Gasteiger partial charge on any atom is 0.109 e. The summed E-state index contributed by atoms with van der Waals surface area (Å²) in [4.78, 5) is 0. The van der Waals surface area contributed by atoms with Crippen molar-refractivity contribution < 1.29 is 13.0 Å². The topological polar surface area (TPSA) is 57.2 Å². The number of aryl methyl sites for hydroxylation is 1. The zero-order chi connectivity index (χ0) is 18.8. The Kier molecular flexibility index (Phi) is 16.6. The van der Waals surface area contributed by atoms with Crippen LogP contribution in [0.5, 0.6) is 0 Å². The molecule has 0 saturated heterocycles. The number of rotatable bonds is 13. The second-order valence-corrected chi connectivity index (χ2v) is 9.15. The van der Waals surface area contributed by atoms with Gasteiger partial charge < -0.3 is 4.55 Å². The van der Waals surface area contributed by atoms with Crippen LogP contribution >= 0.6 is 0 Å². The first kappa shape index (κ1) is 24.5. The summed E-state index contributed by atoms with van der Waals surface area (Å²) in [7, 11) is -3.92. The van der Waals surface area contributed by atoms with Crippen LogP contribution in [-0.4, -0.2) is 30.2 Å². The average Bonchev–Trinajstić information content (AvgIpc) is 2.57. The van der Waals surface area contributed by atoms with E-state index in [4.69, 9.17) is 0 Å². The van der Waals surface area contributed by atoms with Crippen molar-refractivity contribution in [1.82, 2.24) is 0 Å². The molecule has 146 valence electrons. The fraction of sp³-hybridized carbons (Fsp3) is 0.700. The van der Waals surface area contributed by atoms with Crippen LogP contribution in [0.3, 0.4) is 0 Å². The Morgan fingerprint density at radius 2 is 1.44 bits per heavy atom. The predicted molar refractivity (Wildman–Crippen MR) is 111 cm³/mol. The molecule has 0 aliphatic carbocycles. The van der Waals surface area contributed by atoms with Crippen molar-refractivity contribution in [2.24, 2.45) is 0 Å². The highest BCUT2D eigenvalue weighted by atomic mass is 32.2. The molecule has 0 N–H and O–H groups in total. The minimum Gasteiger partial charge on any atom is -0.748 e. The van der Waals surface area contributed by atoms with Crippen LogP contribution in [0.25, 0.3) is 0 Å². The molecule has 1 rings (SSSR count). The SMILES string of the molecule is CCCCCCCCC[SH+]CCc1ccccc1.CCCS(=O)(=O)[O-]. The second-order valence-electron chi connectivity index (χ2n) is 6.29. The van der Waals surface area contributed by atoms with Crippen molar-refractivity contribution in [2.75, 3.05) is 17.3 Å². The van der Waals surface area contributed by atoms with E-state index in [1.54, 1.807) is 18.7 Å². The van der Waals surface area contributed by atoms with Gasteiger partial charge in [-0.1, -0.05) is 76.3 Å².